The number of benzene rings is 2. The Morgan fingerprint density at radius 1 is 1.09 bits per heavy atom. The lowest BCUT2D eigenvalue weighted by Crippen LogP contribution is -2.27. The molecule has 23 heavy (non-hydrogen) atoms. The molecule has 0 aliphatic carbocycles. The molecule has 2 aromatic rings. The van der Waals surface area contributed by atoms with Crippen molar-refractivity contribution < 1.29 is 9.53 Å². The van der Waals surface area contributed by atoms with Gasteiger partial charge in [-0.1, -0.05) is 48.5 Å². The number of nitrogens with zero attached hydrogens (tertiary/aromatic N) is 1. The van der Waals surface area contributed by atoms with E-state index in [4.69, 9.17) is 10.5 Å². The van der Waals surface area contributed by atoms with Crippen molar-refractivity contribution in [1.82, 2.24) is 0 Å². The molecule has 0 fully saturated rings. The first kappa shape index (κ1) is 16.6. The number of hydrogen-bond donors (Lipinski definition) is 1. The quantitative estimate of drug-likeness (QED) is 0.631. The molecule has 0 saturated heterocycles. The summed E-state index contributed by atoms with van der Waals surface area (Å²) in [7, 11) is 0. The van der Waals surface area contributed by atoms with Crippen LogP contribution in [0.4, 0.5) is 5.69 Å². The lowest BCUT2D eigenvalue weighted by molar-refractivity contribution is -0.137. The number of esters is 1. The van der Waals surface area contributed by atoms with E-state index in [-0.39, 0.29) is 0 Å². The lowest BCUT2D eigenvalue weighted by atomic mass is 10.2. The molecule has 0 saturated carbocycles. The predicted molar refractivity (Wildman–Crippen MR) is 92.8 cm³/mol. The lowest BCUT2D eigenvalue weighted by Gasteiger charge is -2.24. The van der Waals surface area contributed by atoms with E-state index in [1.165, 1.54) is 11.6 Å². The molecule has 2 rings (SSSR count). The van der Waals surface area contributed by atoms with Gasteiger partial charge in [-0.25, -0.2) is 4.79 Å². The minimum absolute atomic E-state index is 0.310. The molecular formula is C19H22N2O2. The maximum absolute atomic E-state index is 11.5. The Labute approximate surface area is 137 Å². The minimum atomic E-state index is -0.405. The predicted octanol–water partition coefficient (Wildman–Crippen LogP) is 3.10. The third kappa shape index (κ3) is 5.87. The fourth-order valence-electron chi connectivity index (χ4n) is 2.23. The van der Waals surface area contributed by atoms with Gasteiger partial charge in [0.1, 0.15) is 6.61 Å². The summed E-state index contributed by atoms with van der Waals surface area (Å²) >= 11 is 0. The number of nitrogens with two attached hydrogens (primary N) is 1. The first-order chi connectivity index (χ1) is 11.1. The van der Waals surface area contributed by atoms with Crippen molar-refractivity contribution in [1.29, 1.82) is 0 Å². The Kier molecular flexibility index (Phi) is 6.24. The molecule has 0 aromatic heterocycles. The van der Waals surface area contributed by atoms with Crippen molar-refractivity contribution in [3.05, 3.63) is 78.0 Å². The monoisotopic (exact) mass is 310 g/mol. The SMILES string of the molecule is C/C(N)=C/C(=O)OCCN(Cc1ccccc1)c1ccccc1. The van der Waals surface area contributed by atoms with Crippen molar-refractivity contribution in [2.45, 2.75) is 13.5 Å². The van der Waals surface area contributed by atoms with Crippen LogP contribution in [0.25, 0.3) is 0 Å². The highest BCUT2D eigenvalue weighted by molar-refractivity contribution is 5.82. The molecule has 2 N–H and O–H groups in total. The normalized spacial score (nSPS) is 11.1. The molecule has 0 aliphatic rings. The zero-order valence-corrected chi connectivity index (χ0v) is 13.3. The van der Waals surface area contributed by atoms with Gasteiger partial charge < -0.3 is 15.4 Å². The van der Waals surface area contributed by atoms with Gasteiger partial charge in [-0.15, -0.1) is 0 Å². The Balaban J connectivity index is 2.00. The second-order valence-corrected chi connectivity index (χ2v) is 5.30. The van der Waals surface area contributed by atoms with Gasteiger partial charge in [0.25, 0.3) is 0 Å². The maximum atomic E-state index is 11.5. The third-order valence-corrected chi connectivity index (χ3v) is 3.29. The van der Waals surface area contributed by atoms with E-state index < -0.39 is 5.97 Å². The van der Waals surface area contributed by atoms with Gasteiger partial charge >= 0.3 is 5.97 Å². The number of carbonyl (C=O) groups excluding carboxylic acids is 1. The summed E-state index contributed by atoms with van der Waals surface area (Å²) in [6, 6.07) is 20.3. The van der Waals surface area contributed by atoms with E-state index in [2.05, 4.69) is 29.2 Å². The average molecular weight is 310 g/mol. The number of para-hydroxylation sites is 1. The molecule has 120 valence electrons. The van der Waals surface area contributed by atoms with E-state index >= 15 is 0 Å². The van der Waals surface area contributed by atoms with Gasteiger partial charge in [0.05, 0.1) is 6.54 Å². The molecule has 4 nitrogen and oxygen atoms in total. The summed E-state index contributed by atoms with van der Waals surface area (Å²) in [5, 5.41) is 0. The molecule has 0 atom stereocenters. The number of anilines is 1. The van der Waals surface area contributed by atoms with E-state index in [1.54, 1.807) is 6.92 Å². The highest BCUT2D eigenvalue weighted by Crippen LogP contribution is 2.16. The standard InChI is InChI=1S/C19H22N2O2/c1-16(20)14-19(22)23-13-12-21(18-10-6-3-7-11-18)15-17-8-4-2-5-9-17/h2-11,14H,12-13,15,20H2,1H3/b16-14-. The summed E-state index contributed by atoms with van der Waals surface area (Å²) in [5.41, 5.74) is 8.22. The van der Waals surface area contributed by atoms with Crippen molar-refractivity contribution in [3.8, 4) is 0 Å². The van der Waals surface area contributed by atoms with Crippen LogP contribution in [-0.2, 0) is 16.1 Å². The van der Waals surface area contributed by atoms with E-state index in [0.29, 0.717) is 18.8 Å². The molecule has 0 heterocycles. The van der Waals surface area contributed by atoms with Crippen LogP contribution in [0.1, 0.15) is 12.5 Å². The zero-order valence-electron chi connectivity index (χ0n) is 13.3. The zero-order chi connectivity index (χ0) is 16.5. The summed E-state index contributed by atoms with van der Waals surface area (Å²) in [6.07, 6.45) is 1.30. The molecule has 4 heteroatoms. The van der Waals surface area contributed by atoms with Crippen LogP contribution in [0.2, 0.25) is 0 Å². The fraction of sp³-hybridized carbons (Fsp3) is 0.211. The van der Waals surface area contributed by atoms with Crippen molar-refractivity contribution in [2.24, 2.45) is 5.73 Å². The van der Waals surface area contributed by atoms with Crippen LogP contribution in [0.3, 0.4) is 0 Å². The summed E-state index contributed by atoms with van der Waals surface area (Å²) in [6.45, 7) is 3.34. The van der Waals surface area contributed by atoms with Gasteiger partial charge in [0, 0.05) is 24.0 Å². The summed E-state index contributed by atoms with van der Waals surface area (Å²) < 4.78 is 5.21. The van der Waals surface area contributed by atoms with Gasteiger partial charge in [0.2, 0.25) is 0 Å². The largest absolute Gasteiger partial charge is 0.461 e. The average Bonchev–Trinajstić information content (AvgIpc) is 2.55. The minimum Gasteiger partial charge on any atom is -0.461 e. The summed E-state index contributed by atoms with van der Waals surface area (Å²) in [5.74, 6) is -0.405. The van der Waals surface area contributed by atoms with E-state index in [1.807, 2.05) is 36.4 Å². The molecule has 2 aromatic carbocycles. The maximum Gasteiger partial charge on any atom is 0.332 e. The van der Waals surface area contributed by atoms with Gasteiger partial charge in [-0.05, 0) is 24.6 Å². The van der Waals surface area contributed by atoms with Crippen LogP contribution >= 0.6 is 0 Å². The first-order valence-corrected chi connectivity index (χ1v) is 7.59. The highest BCUT2D eigenvalue weighted by atomic mass is 16.5. The molecule has 0 bridgehead atoms. The van der Waals surface area contributed by atoms with E-state index in [0.717, 1.165) is 12.2 Å². The second-order valence-electron chi connectivity index (χ2n) is 5.30. The molecule has 0 spiro atoms. The molecule has 0 aliphatic heterocycles. The van der Waals surface area contributed by atoms with Crippen LogP contribution in [0.5, 0.6) is 0 Å². The Morgan fingerprint density at radius 3 is 2.30 bits per heavy atom. The molecule has 0 radical (unpaired) electrons. The number of rotatable bonds is 7. The summed E-state index contributed by atoms with van der Waals surface area (Å²) in [4.78, 5) is 13.7. The van der Waals surface area contributed by atoms with Gasteiger partial charge in [-0.2, -0.15) is 0 Å². The molecule has 0 amide bonds. The molecule has 0 unspecified atom stereocenters. The van der Waals surface area contributed by atoms with Crippen LogP contribution in [-0.4, -0.2) is 19.1 Å². The van der Waals surface area contributed by atoms with Crippen LogP contribution in [0, 0.1) is 0 Å². The van der Waals surface area contributed by atoms with Crippen molar-refractivity contribution in [3.63, 3.8) is 0 Å². The Bertz CT molecular complexity index is 635. The molecular weight excluding hydrogens is 288 g/mol. The van der Waals surface area contributed by atoms with Crippen molar-refractivity contribution >= 4 is 11.7 Å². The number of carbonyl (C=O) groups is 1. The highest BCUT2D eigenvalue weighted by Gasteiger charge is 2.08. The second kappa shape index (κ2) is 8.63. The van der Waals surface area contributed by atoms with Crippen LogP contribution in [0.15, 0.2) is 72.4 Å². The smallest absolute Gasteiger partial charge is 0.332 e. The number of hydrogen-bond acceptors (Lipinski definition) is 4. The van der Waals surface area contributed by atoms with Gasteiger partial charge in [0.15, 0.2) is 0 Å². The third-order valence-electron chi connectivity index (χ3n) is 3.29. The van der Waals surface area contributed by atoms with Crippen LogP contribution < -0.4 is 10.6 Å². The van der Waals surface area contributed by atoms with E-state index in [9.17, 15) is 4.79 Å². The topological polar surface area (TPSA) is 55.6 Å². The first-order valence-electron chi connectivity index (χ1n) is 7.59. The number of ether oxygens (including phenoxy) is 1. The fourth-order valence-corrected chi connectivity index (χ4v) is 2.23. The van der Waals surface area contributed by atoms with Gasteiger partial charge in [-0.3, -0.25) is 0 Å². The Morgan fingerprint density at radius 2 is 1.70 bits per heavy atom. The number of allylic oxidation sites excluding steroid dienone is 1. The van der Waals surface area contributed by atoms with Crippen molar-refractivity contribution in [2.75, 3.05) is 18.1 Å². The Hall–Kier alpha value is -2.75.